The number of aromatic nitrogens is 2. The van der Waals surface area contributed by atoms with Gasteiger partial charge in [-0.2, -0.15) is 5.10 Å². The molecule has 7 nitrogen and oxygen atoms in total. The minimum Gasteiger partial charge on any atom is -0.378 e. The molecule has 0 bridgehead atoms. The normalized spacial score (nSPS) is 22.4. The van der Waals surface area contributed by atoms with Crippen LogP contribution < -0.4 is 0 Å². The van der Waals surface area contributed by atoms with Crippen LogP contribution in [-0.2, 0) is 4.74 Å². The first-order valence-electron chi connectivity index (χ1n) is 6.36. The zero-order valence-electron chi connectivity index (χ0n) is 10.4. The first-order chi connectivity index (χ1) is 9.16. The van der Waals surface area contributed by atoms with Gasteiger partial charge in [-0.25, -0.2) is 4.68 Å². The molecule has 0 radical (unpaired) electrons. The summed E-state index contributed by atoms with van der Waals surface area (Å²) >= 11 is 6.02. The molecule has 19 heavy (non-hydrogen) atoms. The van der Waals surface area contributed by atoms with Crippen LogP contribution in [0.1, 0.15) is 18.9 Å². The molecule has 0 aromatic carbocycles. The van der Waals surface area contributed by atoms with E-state index in [2.05, 4.69) is 10.00 Å². The highest BCUT2D eigenvalue weighted by atomic mass is 35.5. The number of hydrogen-bond acceptors (Lipinski definition) is 5. The van der Waals surface area contributed by atoms with Crippen LogP contribution in [0, 0.1) is 10.1 Å². The fraction of sp³-hybridized carbons (Fsp3) is 0.727. The Morgan fingerprint density at radius 1 is 1.37 bits per heavy atom. The number of piperidine rings is 1. The molecule has 0 atom stereocenters. The van der Waals surface area contributed by atoms with Crippen LogP contribution in [0.3, 0.4) is 0 Å². The zero-order valence-corrected chi connectivity index (χ0v) is 11.1. The SMILES string of the molecule is O=[N+]([O-])c1cnn(C2CCN(C3COC3)CC2)c1Cl. The molecule has 2 aliphatic rings. The molecule has 0 spiro atoms. The molecule has 2 saturated heterocycles. The van der Waals surface area contributed by atoms with Gasteiger partial charge in [0, 0.05) is 13.1 Å². The molecule has 0 N–H and O–H groups in total. The van der Waals surface area contributed by atoms with Crippen molar-refractivity contribution in [2.45, 2.75) is 24.9 Å². The van der Waals surface area contributed by atoms with Crippen molar-refractivity contribution in [3.05, 3.63) is 21.5 Å². The van der Waals surface area contributed by atoms with Crippen LogP contribution in [0.2, 0.25) is 5.15 Å². The summed E-state index contributed by atoms with van der Waals surface area (Å²) in [6.45, 7) is 3.56. The molecule has 1 aromatic rings. The summed E-state index contributed by atoms with van der Waals surface area (Å²) in [4.78, 5) is 12.7. The van der Waals surface area contributed by atoms with E-state index in [4.69, 9.17) is 16.3 Å². The average Bonchev–Trinajstić information content (AvgIpc) is 2.70. The van der Waals surface area contributed by atoms with Crippen molar-refractivity contribution in [1.82, 2.24) is 14.7 Å². The van der Waals surface area contributed by atoms with E-state index in [9.17, 15) is 10.1 Å². The Hall–Kier alpha value is -1.18. The molecular formula is C11H15ClN4O3. The third-order valence-electron chi connectivity index (χ3n) is 3.90. The van der Waals surface area contributed by atoms with Crippen molar-refractivity contribution in [1.29, 1.82) is 0 Å². The number of halogens is 1. The number of ether oxygens (including phenoxy) is 1. The van der Waals surface area contributed by atoms with E-state index < -0.39 is 4.92 Å². The van der Waals surface area contributed by atoms with E-state index in [1.54, 1.807) is 4.68 Å². The van der Waals surface area contributed by atoms with Gasteiger partial charge in [0.05, 0.1) is 30.2 Å². The first-order valence-corrected chi connectivity index (χ1v) is 6.74. The molecule has 0 unspecified atom stereocenters. The van der Waals surface area contributed by atoms with Gasteiger partial charge in [-0.1, -0.05) is 11.6 Å². The third-order valence-corrected chi connectivity index (χ3v) is 4.26. The predicted octanol–water partition coefficient (Wildman–Crippen LogP) is 1.48. The summed E-state index contributed by atoms with van der Waals surface area (Å²) < 4.78 is 6.78. The maximum absolute atomic E-state index is 10.8. The minimum absolute atomic E-state index is 0.114. The van der Waals surface area contributed by atoms with Crippen LogP contribution in [0.5, 0.6) is 0 Å². The quantitative estimate of drug-likeness (QED) is 0.621. The number of hydrogen-bond donors (Lipinski definition) is 0. The highest BCUT2D eigenvalue weighted by Gasteiger charge is 2.32. The van der Waals surface area contributed by atoms with Gasteiger partial charge >= 0.3 is 5.69 Å². The summed E-state index contributed by atoms with van der Waals surface area (Å²) in [5.74, 6) is 0. The fourth-order valence-electron chi connectivity index (χ4n) is 2.64. The summed E-state index contributed by atoms with van der Waals surface area (Å²) in [7, 11) is 0. The minimum atomic E-state index is -0.493. The maximum Gasteiger partial charge on any atom is 0.325 e. The Kier molecular flexibility index (Phi) is 3.42. The van der Waals surface area contributed by atoms with Crippen LogP contribution in [0.15, 0.2) is 6.20 Å². The molecule has 0 saturated carbocycles. The second kappa shape index (κ2) is 5.07. The third kappa shape index (κ3) is 2.33. The van der Waals surface area contributed by atoms with Crippen molar-refractivity contribution in [2.24, 2.45) is 0 Å². The lowest BCUT2D eigenvalue weighted by molar-refractivity contribution is -0.384. The molecule has 104 valence electrons. The van der Waals surface area contributed by atoms with Crippen molar-refractivity contribution in [3.63, 3.8) is 0 Å². The average molecular weight is 287 g/mol. The van der Waals surface area contributed by atoms with Crippen LogP contribution in [0.25, 0.3) is 0 Å². The van der Waals surface area contributed by atoms with Crippen molar-refractivity contribution in [2.75, 3.05) is 26.3 Å². The summed E-state index contributed by atoms with van der Waals surface area (Å²) in [6, 6.07) is 0.696. The molecular weight excluding hydrogens is 272 g/mol. The summed E-state index contributed by atoms with van der Waals surface area (Å²) in [6.07, 6.45) is 3.05. The zero-order chi connectivity index (χ0) is 13.4. The first kappa shape index (κ1) is 12.8. The lowest BCUT2D eigenvalue weighted by atomic mass is 10.0. The van der Waals surface area contributed by atoms with Crippen LogP contribution in [-0.4, -0.2) is 51.9 Å². The van der Waals surface area contributed by atoms with Crippen LogP contribution >= 0.6 is 11.6 Å². The number of likely N-dealkylation sites (tertiary alicyclic amines) is 1. The van der Waals surface area contributed by atoms with Gasteiger partial charge in [-0.15, -0.1) is 0 Å². The largest absolute Gasteiger partial charge is 0.378 e. The van der Waals surface area contributed by atoms with Gasteiger partial charge < -0.3 is 4.74 Å². The van der Waals surface area contributed by atoms with Crippen molar-refractivity contribution >= 4 is 17.3 Å². The van der Waals surface area contributed by atoms with E-state index in [0.717, 1.165) is 39.1 Å². The van der Waals surface area contributed by atoms with Gasteiger partial charge in [-0.05, 0) is 12.8 Å². The lowest BCUT2D eigenvalue weighted by Crippen LogP contribution is -2.51. The molecule has 2 aliphatic heterocycles. The van der Waals surface area contributed by atoms with E-state index in [1.165, 1.54) is 6.20 Å². The molecule has 2 fully saturated rings. The molecule has 0 aliphatic carbocycles. The maximum atomic E-state index is 10.8. The second-order valence-electron chi connectivity index (χ2n) is 4.98. The Morgan fingerprint density at radius 3 is 2.53 bits per heavy atom. The van der Waals surface area contributed by atoms with E-state index >= 15 is 0 Å². The van der Waals surface area contributed by atoms with Gasteiger partial charge in [0.15, 0.2) is 0 Å². The number of nitrogens with zero attached hydrogens (tertiary/aromatic N) is 4. The Morgan fingerprint density at radius 2 is 2.05 bits per heavy atom. The number of nitro groups is 1. The highest BCUT2D eigenvalue weighted by molar-refractivity contribution is 6.31. The topological polar surface area (TPSA) is 73.4 Å². The Labute approximate surface area is 115 Å². The van der Waals surface area contributed by atoms with Gasteiger partial charge in [0.2, 0.25) is 5.15 Å². The van der Waals surface area contributed by atoms with Crippen molar-refractivity contribution in [3.8, 4) is 0 Å². The molecule has 8 heteroatoms. The van der Waals surface area contributed by atoms with E-state index in [1.807, 2.05) is 0 Å². The molecule has 3 heterocycles. The van der Waals surface area contributed by atoms with Gasteiger partial charge in [0.25, 0.3) is 0 Å². The van der Waals surface area contributed by atoms with Crippen LogP contribution in [0.4, 0.5) is 5.69 Å². The molecule has 3 rings (SSSR count). The Bertz CT molecular complexity index is 480. The predicted molar refractivity (Wildman–Crippen MR) is 68.3 cm³/mol. The highest BCUT2D eigenvalue weighted by Crippen LogP contribution is 2.31. The summed E-state index contributed by atoms with van der Waals surface area (Å²) in [5.41, 5.74) is -0.114. The number of rotatable bonds is 3. The van der Waals surface area contributed by atoms with Gasteiger partial charge in [-0.3, -0.25) is 15.0 Å². The second-order valence-corrected chi connectivity index (χ2v) is 5.34. The molecule has 0 amide bonds. The fourth-order valence-corrected chi connectivity index (χ4v) is 2.94. The van der Waals surface area contributed by atoms with E-state index in [0.29, 0.717) is 6.04 Å². The molecule has 1 aromatic heterocycles. The van der Waals surface area contributed by atoms with E-state index in [-0.39, 0.29) is 16.9 Å². The van der Waals surface area contributed by atoms with Crippen molar-refractivity contribution < 1.29 is 9.66 Å². The summed E-state index contributed by atoms with van der Waals surface area (Å²) in [5, 5.41) is 15.0. The smallest absolute Gasteiger partial charge is 0.325 e. The monoisotopic (exact) mass is 286 g/mol. The Balaban J connectivity index is 1.66. The lowest BCUT2D eigenvalue weighted by Gasteiger charge is -2.41. The van der Waals surface area contributed by atoms with Gasteiger partial charge in [0.1, 0.15) is 6.20 Å². The standard InChI is InChI=1S/C11H15ClN4O3/c12-11-10(16(17)18)5-13-15(11)8-1-3-14(4-2-8)9-6-19-7-9/h5,8-9H,1-4,6-7H2.